The first-order chi connectivity index (χ1) is 7.12. The van der Waals surface area contributed by atoms with Crippen molar-refractivity contribution in [3.63, 3.8) is 0 Å². The Kier molecular flexibility index (Phi) is 5.42. The van der Waals surface area contributed by atoms with E-state index in [4.69, 9.17) is 14.9 Å². The summed E-state index contributed by atoms with van der Waals surface area (Å²) in [5.41, 5.74) is -0.928. The first-order valence-electron chi connectivity index (χ1n) is 5.55. The molecule has 1 atom stereocenters. The highest BCUT2D eigenvalue weighted by Gasteiger charge is 2.31. The fourth-order valence-electron chi connectivity index (χ4n) is 1.20. The molecule has 0 aliphatic heterocycles. The molecule has 16 heavy (non-hydrogen) atoms. The number of aliphatic hydroxyl groups is 2. The Hall–Kier alpha value is -0.610. The number of aliphatic hydroxyl groups excluding tert-OH is 2. The van der Waals surface area contributed by atoms with E-state index in [2.05, 4.69) is 0 Å². The van der Waals surface area contributed by atoms with Crippen LogP contribution in [-0.4, -0.2) is 35.5 Å². The SMILES string of the molecule is CC(C)(C)CC(CO)OC(=O)C(C)(C)CO. The van der Waals surface area contributed by atoms with Gasteiger partial charge >= 0.3 is 5.97 Å². The molecule has 4 heteroatoms. The van der Waals surface area contributed by atoms with Crippen LogP contribution in [-0.2, 0) is 9.53 Å². The molecule has 0 aromatic rings. The first kappa shape index (κ1) is 15.4. The summed E-state index contributed by atoms with van der Waals surface area (Å²) in [4.78, 5) is 11.7. The summed E-state index contributed by atoms with van der Waals surface area (Å²) in [7, 11) is 0. The minimum atomic E-state index is -0.911. The van der Waals surface area contributed by atoms with E-state index in [1.54, 1.807) is 13.8 Å². The lowest BCUT2D eigenvalue weighted by molar-refractivity contribution is -0.165. The maximum absolute atomic E-state index is 11.7. The molecule has 0 aromatic carbocycles. The Labute approximate surface area is 97.6 Å². The lowest BCUT2D eigenvalue weighted by atomic mass is 9.89. The normalized spacial score (nSPS) is 14.7. The van der Waals surface area contributed by atoms with Gasteiger partial charge in [-0.15, -0.1) is 0 Å². The highest BCUT2D eigenvalue weighted by atomic mass is 16.6. The number of carbonyl (C=O) groups is 1. The Morgan fingerprint density at radius 1 is 1.19 bits per heavy atom. The third-order valence-corrected chi connectivity index (χ3v) is 2.27. The van der Waals surface area contributed by atoms with E-state index in [0.29, 0.717) is 6.42 Å². The van der Waals surface area contributed by atoms with E-state index in [1.807, 2.05) is 20.8 Å². The van der Waals surface area contributed by atoms with Gasteiger partial charge in [0, 0.05) is 0 Å². The Morgan fingerprint density at radius 2 is 1.69 bits per heavy atom. The predicted molar refractivity (Wildman–Crippen MR) is 61.9 cm³/mol. The van der Waals surface area contributed by atoms with E-state index in [-0.39, 0.29) is 18.6 Å². The zero-order valence-corrected chi connectivity index (χ0v) is 10.9. The van der Waals surface area contributed by atoms with Crippen molar-refractivity contribution in [1.82, 2.24) is 0 Å². The molecule has 2 N–H and O–H groups in total. The minimum absolute atomic E-state index is 0.0168. The smallest absolute Gasteiger partial charge is 0.314 e. The highest BCUT2D eigenvalue weighted by Crippen LogP contribution is 2.24. The second kappa shape index (κ2) is 5.64. The van der Waals surface area contributed by atoms with E-state index in [0.717, 1.165) is 0 Å². The molecular weight excluding hydrogens is 208 g/mol. The van der Waals surface area contributed by atoms with Crippen molar-refractivity contribution in [2.75, 3.05) is 13.2 Å². The van der Waals surface area contributed by atoms with E-state index in [1.165, 1.54) is 0 Å². The Balaban J connectivity index is 4.39. The second-order valence-electron chi connectivity index (χ2n) is 6.02. The van der Waals surface area contributed by atoms with E-state index >= 15 is 0 Å². The first-order valence-corrected chi connectivity index (χ1v) is 5.55. The van der Waals surface area contributed by atoms with Crippen LogP contribution < -0.4 is 0 Å². The van der Waals surface area contributed by atoms with Gasteiger partial charge in [0.25, 0.3) is 0 Å². The van der Waals surface area contributed by atoms with Crippen molar-refractivity contribution in [2.24, 2.45) is 10.8 Å². The number of hydrogen-bond acceptors (Lipinski definition) is 4. The van der Waals surface area contributed by atoms with Gasteiger partial charge in [-0.25, -0.2) is 0 Å². The molecule has 0 spiro atoms. The van der Waals surface area contributed by atoms with Gasteiger partial charge in [-0.2, -0.15) is 0 Å². The zero-order chi connectivity index (χ0) is 13.0. The van der Waals surface area contributed by atoms with Crippen molar-refractivity contribution in [1.29, 1.82) is 0 Å². The third kappa shape index (κ3) is 5.47. The van der Waals surface area contributed by atoms with Gasteiger partial charge in [-0.1, -0.05) is 20.8 Å². The number of carbonyl (C=O) groups excluding carboxylic acids is 1. The molecule has 0 aliphatic rings. The van der Waals surface area contributed by atoms with Crippen LogP contribution in [0.4, 0.5) is 0 Å². The molecule has 0 amide bonds. The molecule has 0 saturated heterocycles. The van der Waals surface area contributed by atoms with Gasteiger partial charge in [0.05, 0.1) is 18.6 Å². The Morgan fingerprint density at radius 3 is 2.00 bits per heavy atom. The quantitative estimate of drug-likeness (QED) is 0.702. The van der Waals surface area contributed by atoms with Gasteiger partial charge in [-0.3, -0.25) is 4.79 Å². The third-order valence-electron chi connectivity index (χ3n) is 2.27. The Bertz CT molecular complexity index is 228. The molecule has 0 fully saturated rings. The monoisotopic (exact) mass is 232 g/mol. The summed E-state index contributed by atoms with van der Waals surface area (Å²) >= 11 is 0. The van der Waals surface area contributed by atoms with Gasteiger partial charge in [-0.05, 0) is 25.7 Å². The molecule has 0 rings (SSSR count). The van der Waals surface area contributed by atoms with Crippen molar-refractivity contribution in [2.45, 2.75) is 47.1 Å². The number of hydrogen-bond donors (Lipinski definition) is 2. The summed E-state index contributed by atoms with van der Waals surface area (Å²) in [5.74, 6) is -0.474. The van der Waals surface area contributed by atoms with Gasteiger partial charge in [0.2, 0.25) is 0 Å². The number of ether oxygens (including phenoxy) is 1. The van der Waals surface area contributed by atoms with Crippen LogP contribution >= 0.6 is 0 Å². The van der Waals surface area contributed by atoms with Gasteiger partial charge < -0.3 is 14.9 Å². The summed E-state index contributed by atoms with van der Waals surface area (Å²) in [6.45, 7) is 8.81. The second-order valence-corrected chi connectivity index (χ2v) is 6.02. The van der Waals surface area contributed by atoms with Gasteiger partial charge in [0.15, 0.2) is 0 Å². The molecule has 0 saturated carbocycles. The number of esters is 1. The lowest BCUT2D eigenvalue weighted by Crippen LogP contribution is -2.36. The summed E-state index contributed by atoms with van der Waals surface area (Å²) in [5, 5.41) is 18.2. The average Bonchev–Trinajstić information content (AvgIpc) is 2.14. The zero-order valence-electron chi connectivity index (χ0n) is 10.9. The van der Waals surface area contributed by atoms with Crippen molar-refractivity contribution < 1.29 is 19.7 Å². The fraction of sp³-hybridized carbons (Fsp3) is 0.917. The average molecular weight is 232 g/mol. The number of rotatable bonds is 5. The largest absolute Gasteiger partial charge is 0.459 e. The van der Waals surface area contributed by atoms with Crippen LogP contribution in [0.2, 0.25) is 0 Å². The van der Waals surface area contributed by atoms with Crippen LogP contribution in [0, 0.1) is 10.8 Å². The molecule has 1 unspecified atom stereocenters. The lowest BCUT2D eigenvalue weighted by Gasteiger charge is -2.28. The minimum Gasteiger partial charge on any atom is -0.459 e. The van der Waals surface area contributed by atoms with Crippen LogP contribution in [0.5, 0.6) is 0 Å². The van der Waals surface area contributed by atoms with Gasteiger partial charge in [0.1, 0.15) is 6.10 Å². The molecule has 0 heterocycles. The van der Waals surface area contributed by atoms with Crippen molar-refractivity contribution >= 4 is 5.97 Å². The molecule has 0 bridgehead atoms. The van der Waals surface area contributed by atoms with Crippen LogP contribution in [0.3, 0.4) is 0 Å². The topological polar surface area (TPSA) is 66.8 Å². The maximum Gasteiger partial charge on any atom is 0.314 e. The molecule has 0 aromatic heterocycles. The molecule has 0 aliphatic carbocycles. The maximum atomic E-state index is 11.7. The summed E-state index contributed by atoms with van der Waals surface area (Å²) in [6.07, 6.45) is 0.0924. The van der Waals surface area contributed by atoms with Crippen LogP contribution in [0.1, 0.15) is 41.0 Å². The van der Waals surface area contributed by atoms with Crippen LogP contribution in [0.25, 0.3) is 0 Å². The standard InChI is InChI=1S/C12H24O4/c1-11(2,3)6-9(7-13)16-10(15)12(4,5)8-14/h9,13-14H,6-8H2,1-5H3. The highest BCUT2D eigenvalue weighted by molar-refractivity contribution is 5.76. The molecule has 4 nitrogen and oxygen atoms in total. The molecule has 96 valence electrons. The van der Waals surface area contributed by atoms with Crippen LogP contribution in [0.15, 0.2) is 0 Å². The predicted octanol–water partition coefficient (Wildman–Crippen LogP) is 1.35. The van der Waals surface area contributed by atoms with Crippen molar-refractivity contribution in [3.05, 3.63) is 0 Å². The summed E-state index contributed by atoms with van der Waals surface area (Å²) < 4.78 is 5.18. The summed E-state index contributed by atoms with van der Waals surface area (Å²) in [6, 6.07) is 0. The van der Waals surface area contributed by atoms with E-state index < -0.39 is 17.5 Å². The van der Waals surface area contributed by atoms with Crippen molar-refractivity contribution in [3.8, 4) is 0 Å². The molecule has 0 radical (unpaired) electrons. The fourth-order valence-corrected chi connectivity index (χ4v) is 1.20. The molecular formula is C12H24O4. The van der Waals surface area contributed by atoms with E-state index in [9.17, 15) is 4.79 Å².